The topological polar surface area (TPSA) is 45.2 Å². The Balaban J connectivity index is 2.05. The fourth-order valence-corrected chi connectivity index (χ4v) is 2.44. The van der Waals surface area contributed by atoms with Crippen LogP contribution in [0.4, 0.5) is 11.5 Å². The van der Waals surface area contributed by atoms with Crippen molar-refractivity contribution in [2.45, 2.75) is 26.7 Å². The Bertz CT molecular complexity index is 620. The molecule has 122 valence electrons. The third-order valence-corrected chi connectivity index (χ3v) is 3.65. The number of hydrogen-bond donors (Lipinski definition) is 1. The highest BCUT2D eigenvalue weighted by atomic mass is 35.5. The van der Waals surface area contributed by atoms with Gasteiger partial charge in [-0.25, -0.2) is 4.98 Å². The number of nitrogens with zero attached hydrogens (tertiary/aromatic N) is 2. The zero-order valence-corrected chi connectivity index (χ0v) is 14.3. The van der Waals surface area contributed by atoms with Gasteiger partial charge in [-0.15, -0.1) is 0 Å². The molecule has 0 aliphatic rings. The summed E-state index contributed by atoms with van der Waals surface area (Å²) < 4.78 is 0. The number of carbonyl (C=O) groups is 1. The van der Waals surface area contributed by atoms with Gasteiger partial charge in [0.25, 0.3) is 5.91 Å². The highest BCUT2D eigenvalue weighted by Crippen LogP contribution is 2.18. The van der Waals surface area contributed by atoms with Crippen LogP contribution in [0.5, 0.6) is 0 Å². The van der Waals surface area contributed by atoms with Gasteiger partial charge in [0.1, 0.15) is 5.82 Å². The lowest BCUT2D eigenvalue weighted by Gasteiger charge is -2.21. The van der Waals surface area contributed by atoms with Crippen LogP contribution in [0.2, 0.25) is 5.02 Å². The smallest absolute Gasteiger partial charge is 0.255 e. The Kier molecular flexibility index (Phi) is 6.41. The van der Waals surface area contributed by atoms with E-state index >= 15 is 0 Å². The summed E-state index contributed by atoms with van der Waals surface area (Å²) in [5, 5.41) is 3.87. The minimum atomic E-state index is 0.0410. The van der Waals surface area contributed by atoms with Gasteiger partial charge in [0.05, 0.1) is 5.56 Å². The number of aromatic nitrogens is 1. The van der Waals surface area contributed by atoms with E-state index in [1.807, 2.05) is 41.3 Å². The standard InChI is InChI=1S/C18H22ClN3O/c1-3-11-22(12-4-2)18(23)14-5-10-17(20-13-14)21-16-8-6-15(19)7-9-16/h5-10,13H,3-4,11-12H2,1-2H3,(H,20,21). The molecule has 0 saturated heterocycles. The first-order chi connectivity index (χ1) is 11.1. The average Bonchev–Trinajstić information content (AvgIpc) is 2.57. The van der Waals surface area contributed by atoms with Gasteiger partial charge in [0.2, 0.25) is 0 Å². The summed E-state index contributed by atoms with van der Waals surface area (Å²) in [6, 6.07) is 11.0. The summed E-state index contributed by atoms with van der Waals surface area (Å²) in [5.74, 6) is 0.737. The highest BCUT2D eigenvalue weighted by Gasteiger charge is 2.14. The Labute approximate surface area is 142 Å². The maximum Gasteiger partial charge on any atom is 0.255 e. The van der Waals surface area contributed by atoms with Crippen LogP contribution in [-0.2, 0) is 0 Å². The Hall–Kier alpha value is -2.07. The number of nitrogens with one attached hydrogen (secondary N) is 1. The van der Waals surface area contributed by atoms with Crippen molar-refractivity contribution in [1.82, 2.24) is 9.88 Å². The summed E-state index contributed by atoms with van der Waals surface area (Å²) in [7, 11) is 0. The molecule has 0 atom stereocenters. The third kappa shape index (κ3) is 4.96. The predicted octanol–water partition coefficient (Wildman–Crippen LogP) is 4.74. The molecule has 0 fully saturated rings. The molecule has 0 bridgehead atoms. The van der Waals surface area contributed by atoms with Crippen LogP contribution >= 0.6 is 11.6 Å². The second kappa shape index (κ2) is 8.53. The third-order valence-electron chi connectivity index (χ3n) is 3.40. The lowest BCUT2D eigenvalue weighted by molar-refractivity contribution is 0.0755. The van der Waals surface area contributed by atoms with E-state index in [9.17, 15) is 4.79 Å². The minimum Gasteiger partial charge on any atom is -0.340 e. The quantitative estimate of drug-likeness (QED) is 0.797. The van der Waals surface area contributed by atoms with Gasteiger partial charge >= 0.3 is 0 Å². The van der Waals surface area contributed by atoms with Crippen molar-refractivity contribution in [3.8, 4) is 0 Å². The number of amides is 1. The first-order valence-corrected chi connectivity index (χ1v) is 8.29. The van der Waals surface area contributed by atoms with Crippen LogP contribution in [0.15, 0.2) is 42.6 Å². The molecule has 23 heavy (non-hydrogen) atoms. The van der Waals surface area contributed by atoms with Crippen LogP contribution in [0.25, 0.3) is 0 Å². The molecule has 0 aliphatic carbocycles. The molecular weight excluding hydrogens is 310 g/mol. The van der Waals surface area contributed by atoms with Crippen LogP contribution < -0.4 is 5.32 Å². The van der Waals surface area contributed by atoms with Crippen molar-refractivity contribution < 1.29 is 4.79 Å². The van der Waals surface area contributed by atoms with Crippen LogP contribution in [0.1, 0.15) is 37.0 Å². The van der Waals surface area contributed by atoms with Gasteiger partial charge < -0.3 is 10.2 Å². The average molecular weight is 332 g/mol. The number of benzene rings is 1. The monoisotopic (exact) mass is 331 g/mol. The second-order valence-electron chi connectivity index (χ2n) is 5.36. The van der Waals surface area contributed by atoms with Crippen LogP contribution in [0, 0.1) is 0 Å². The summed E-state index contributed by atoms with van der Waals surface area (Å²) in [5.41, 5.74) is 1.52. The highest BCUT2D eigenvalue weighted by molar-refractivity contribution is 6.30. The van der Waals surface area contributed by atoms with E-state index in [1.165, 1.54) is 0 Å². The molecule has 0 radical (unpaired) electrons. The van der Waals surface area contributed by atoms with Crippen molar-refractivity contribution >= 4 is 29.0 Å². The molecule has 5 heteroatoms. The van der Waals surface area contributed by atoms with Crippen molar-refractivity contribution in [2.24, 2.45) is 0 Å². The summed E-state index contributed by atoms with van der Waals surface area (Å²) in [4.78, 5) is 18.7. The lowest BCUT2D eigenvalue weighted by Crippen LogP contribution is -2.32. The molecule has 1 heterocycles. The second-order valence-corrected chi connectivity index (χ2v) is 5.79. The largest absolute Gasteiger partial charge is 0.340 e. The first kappa shape index (κ1) is 17.3. The van der Waals surface area contributed by atoms with Gasteiger partial charge in [-0.05, 0) is 49.2 Å². The SMILES string of the molecule is CCCN(CCC)C(=O)c1ccc(Nc2ccc(Cl)cc2)nc1. The molecule has 2 aromatic rings. The van der Waals surface area contributed by atoms with Crippen molar-refractivity contribution in [3.05, 3.63) is 53.2 Å². The molecule has 0 saturated carbocycles. The maximum atomic E-state index is 12.5. The maximum absolute atomic E-state index is 12.5. The molecule has 1 N–H and O–H groups in total. The van der Waals surface area contributed by atoms with Crippen LogP contribution in [-0.4, -0.2) is 28.9 Å². The summed E-state index contributed by atoms with van der Waals surface area (Å²) >= 11 is 5.87. The van der Waals surface area contributed by atoms with E-state index in [0.29, 0.717) is 16.4 Å². The molecule has 4 nitrogen and oxygen atoms in total. The Morgan fingerprint density at radius 2 is 1.74 bits per heavy atom. The molecule has 2 rings (SSSR count). The zero-order chi connectivity index (χ0) is 16.7. The van der Waals surface area contributed by atoms with Crippen LogP contribution in [0.3, 0.4) is 0 Å². The predicted molar refractivity (Wildman–Crippen MR) is 95.5 cm³/mol. The number of anilines is 2. The van der Waals surface area contributed by atoms with Crippen molar-refractivity contribution in [3.63, 3.8) is 0 Å². The van der Waals surface area contributed by atoms with Gasteiger partial charge in [0, 0.05) is 30.0 Å². The summed E-state index contributed by atoms with van der Waals surface area (Å²) in [6.07, 6.45) is 3.53. The number of pyridine rings is 1. The van der Waals surface area contributed by atoms with E-state index in [1.54, 1.807) is 6.20 Å². The first-order valence-electron chi connectivity index (χ1n) is 7.92. The van der Waals surface area contributed by atoms with Gasteiger partial charge in [0.15, 0.2) is 0 Å². The van der Waals surface area contributed by atoms with Gasteiger partial charge in [-0.2, -0.15) is 0 Å². The van der Waals surface area contributed by atoms with E-state index in [-0.39, 0.29) is 5.91 Å². The zero-order valence-electron chi connectivity index (χ0n) is 13.6. The number of hydrogen-bond acceptors (Lipinski definition) is 3. The minimum absolute atomic E-state index is 0.0410. The summed E-state index contributed by atoms with van der Waals surface area (Å²) in [6.45, 7) is 5.70. The van der Waals surface area contributed by atoms with Gasteiger partial charge in [-0.3, -0.25) is 4.79 Å². The Morgan fingerprint density at radius 3 is 2.26 bits per heavy atom. The lowest BCUT2D eigenvalue weighted by atomic mass is 10.2. The normalized spacial score (nSPS) is 10.4. The van der Waals surface area contributed by atoms with E-state index in [0.717, 1.165) is 31.6 Å². The van der Waals surface area contributed by atoms with E-state index in [2.05, 4.69) is 24.1 Å². The van der Waals surface area contributed by atoms with Gasteiger partial charge in [-0.1, -0.05) is 25.4 Å². The molecule has 1 aromatic carbocycles. The molecule has 0 spiro atoms. The Morgan fingerprint density at radius 1 is 1.09 bits per heavy atom. The molecule has 0 unspecified atom stereocenters. The molecule has 1 aromatic heterocycles. The molecular formula is C18H22ClN3O. The van der Waals surface area contributed by atoms with Crippen molar-refractivity contribution in [1.29, 1.82) is 0 Å². The molecule has 1 amide bonds. The van der Waals surface area contributed by atoms with E-state index < -0.39 is 0 Å². The number of rotatable bonds is 7. The fourth-order valence-electron chi connectivity index (χ4n) is 2.31. The van der Waals surface area contributed by atoms with E-state index in [4.69, 9.17) is 11.6 Å². The molecule has 0 aliphatic heterocycles. The number of halogens is 1. The fraction of sp³-hybridized carbons (Fsp3) is 0.333. The van der Waals surface area contributed by atoms with Crippen molar-refractivity contribution in [2.75, 3.05) is 18.4 Å². The number of carbonyl (C=O) groups excluding carboxylic acids is 1.